The molecule has 2 unspecified atom stereocenters. The average Bonchev–Trinajstić information content (AvgIpc) is 2.56. The van der Waals surface area contributed by atoms with Crippen LogP contribution in [0.25, 0.3) is 0 Å². The molecule has 0 aliphatic carbocycles. The zero-order valence-electron chi connectivity index (χ0n) is 15.8. The predicted octanol–water partition coefficient (Wildman–Crippen LogP) is 5.13. The summed E-state index contributed by atoms with van der Waals surface area (Å²) < 4.78 is 5.08. The van der Waals surface area contributed by atoms with Gasteiger partial charge in [0.15, 0.2) is 0 Å². The van der Waals surface area contributed by atoms with Crippen molar-refractivity contribution in [2.45, 2.75) is 97.4 Å². The molecule has 1 amide bonds. The molecular formula is C19H37NO4. The minimum atomic E-state index is -1.01. The summed E-state index contributed by atoms with van der Waals surface area (Å²) >= 11 is 0. The molecule has 0 saturated heterocycles. The van der Waals surface area contributed by atoms with Gasteiger partial charge >= 0.3 is 12.1 Å². The fourth-order valence-electron chi connectivity index (χ4n) is 2.61. The van der Waals surface area contributed by atoms with Crippen LogP contribution in [-0.2, 0) is 9.53 Å². The van der Waals surface area contributed by atoms with E-state index in [4.69, 9.17) is 9.84 Å². The molecule has 0 aromatic carbocycles. The molecule has 0 fully saturated rings. The normalized spacial score (nSPS) is 13.3. The highest BCUT2D eigenvalue weighted by molar-refractivity contribution is 5.80. The summed E-state index contributed by atoms with van der Waals surface area (Å²) in [5, 5.41) is 11.6. The van der Waals surface area contributed by atoms with Crippen LogP contribution in [0.4, 0.5) is 4.79 Å². The van der Waals surface area contributed by atoms with Gasteiger partial charge in [0.25, 0.3) is 0 Å². The smallest absolute Gasteiger partial charge is 0.407 e. The molecule has 0 rings (SSSR count). The lowest BCUT2D eigenvalue weighted by atomic mass is 10.00. The first kappa shape index (κ1) is 22.7. The van der Waals surface area contributed by atoms with Crippen LogP contribution in [0, 0.1) is 5.92 Å². The summed E-state index contributed by atoms with van der Waals surface area (Å²) in [6.45, 7) is 6.29. The van der Waals surface area contributed by atoms with Gasteiger partial charge in [-0.15, -0.1) is 0 Å². The number of carbonyl (C=O) groups is 2. The predicted molar refractivity (Wildman–Crippen MR) is 97.2 cm³/mol. The van der Waals surface area contributed by atoms with Crippen molar-refractivity contribution in [3.05, 3.63) is 0 Å². The molecule has 5 heteroatoms. The number of alkyl carbamates (subject to hydrolysis) is 1. The second-order valence-electron chi connectivity index (χ2n) is 6.66. The summed E-state index contributed by atoms with van der Waals surface area (Å²) in [6, 6.07) is -0.879. The van der Waals surface area contributed by atoms with Gasteiger partial charge in [0.05, 0.1) is 6.61 Å². The molecule has 0 aromatic heterocycles. The maximum absolute atomic E-state index is 11.6. The van der Waals surface area contributed by atoms with E-state index in [9.17, 15) is 9.59 Å². The van der Waals surface area contributed by atoms with Crippen molar-refractivity contribution in [3.63, 3.8) is 0 Å². The first-order valence-electron chi connectivity index (χ1n) is 9.69. The molecule has 24 heavy (non-hydrogen) atoms. The second-order valence-corrected chi connectivity index (χ2v) is 6.66. The van der Waals surface area contributed by atoms with Crippen LogP contribution in [-0.4, -0.2) is 29.8 Å². The summed E-state index contributed by atoms with van der Waals surface area (Å²) in [4.78, 5) is 22.8. The minimum Gasteiger partial charge on any atom is -0.480 e. The molecule has 0 aliphatic heterocycles. The highest BCUT2D eigenvalue weighted by Crippen LogP contribution is 2.11. The first-order valence-corrected chi connectivity index (χ1v) is 9.69. The van der Waals surface area contributed by atoms with Crippen LogP contribution in [0.2, 0.25) is 0 Å². The van der Waals surface area contributed by atoms with Crippen molar-refractivity contribution in [1.29, 1.82) is 0 Å². The van der Waals surface area contributed by atoms with Crippen molar-refractivity contribution in [2.24, 2.45) is 5.92 Å². The lowest BCUT2D eigenvalue weighted by molar-refractivity contribution is -0.140. The number of nitrogens with one attached hydrogen (secondary N) is 1. The van der Waals surface area contributed by atoms with Crippen LogP contribution in [0.1, 0.15) is 91.4 Å². The topological polar surface area (TPSA) is 75.6 Å². The third-order valence-corrected chi connectivity index (χ3v) is 4.48. The molecule has 2 atom stereocenters. The summed E-state index contributed by atoms with van der Waals surface area (Å²) in [5.74, 6) is -1.13. The van der Waals surface area contributed by atoms with Crippen LogP contribution >= 0.6 is 0 Å². The van der Waals surface area contributed by atoms with Crippen LogP contribution < -0.4 is 5.32 Å². The standard InChI is InChI=1S/C19H37NO4/c1-4-6-7-8-9-10-11-12-13-14-15-24-19(23)20-17(18(21)22)16(3)5-2/h16-17H,4-15H2,1-3H3,(H,20,23)(H,21,22). The summed E-state index contributed by atoms with van der Waals surface area (Å²) in [7, 11) is 0. The monoisotopic (exact) mass is 343 g/mol. The molecule has 0 bridgehead atoms. The largest absolute Gasteiger partial charge is 0.480 e. The molecule has 0 spiro atoms. The summed E-state index contributed by atoms with van der Waals surface area (Å²) in [5.41, 5.74) is 0. The third kappa shape index (κ3) is 12.2. The van der Waals surface area contributed by atoms with Crippen LogP contribution in [0.5, 0.6) is 0 Å². The van der Waals surface area contributed by atoms with Gasteiger partial charge in [-0.3, -0.25) is 0 Å². The molecule has 0 radical (unpaired) electrons. The molecule has 0 aliphatic rings. The van der Waals surface area contributed by atoms with Crippen molar-refractivity contribution in [2.75, 3.05) is 6.61 Å². The Morgan fingerprint density at radius 3 is 1.88 bits per heavy atom. The Kier molecular flexibility index (Phi) is 14.5. The highest BCUT2D eigenvalue weighted by Gasteiger charge is 2.25. The fraction of sp³-hybridized carbons (Fsp3) is 0.895. The number of ether oxygens (including phenoxy) is 1. The van der Waals surface area contributed by atoms with Crippen molar-refractivity contribution >= 4 is 12.1 Å². The number of carboxylic acid groups (broad SMARTS) is 1. The van der Waals surface area contributed by atoms with Gasteiger partial charge in [-0.25, -0.2) is 9.59 Å². The Hall–Kier alpha value is -1.26. The fourth-order valence-corrected chi connectivity index (χ4v) is 2.61. The lowest BCUT2D eigenvalue weighted by Crippen LogP contribution is -2.45. The Bertz CT molecular complexity index is 333. The van der Waals surface area contributed by atoms with Crippen LogP contribution in [0.15, 0.2) is 0 Å². The van der Waals surface area contributed by atoms with Crippen LogP contribution in [0.3, 0.4) is 0 Å². The van der Waals surface area contributed by atoms with Crippen molar-refractivity contribution in [1.82, 2.24) is 5.32 Å². The maximum Gasteiger partial charge on any atom is 0.407 e. The number of hydrogen-bond acceptors (Lipinski definition) is 3. The van der Waals surface area contributed by atoms with Gasteiger partial charge in [-0.1, -0.05) is 85.0 Å². The summed E-state index contributed by atoms with van der Waals surface area (Å²) in [6.07, 6.45) is 12.3. The quantitative estimate of drug-likeness (QED) is 0.404. The molecule has 2 N–H and O–H groups in total. The van der Waals surface area contributed by atoms with E-state index < -0.39 is 18.1 Å². The molecule has 142 valence electrons. The molecule has 0 saturated carbocycles. The SMILES string of the molecule is CCCCCCCCCCCCOC(=O)NC(C(=O)O)C(C)CC. The van der Waals surface area contributed by atoms with E-state index in [2.05, 4.69) is 12.2 Å². The van der Waals surface area contributed by atoms with Crippen molar-refractivity contribution < 1.29 is 19.4 Å². The highest BCUT2D eigenvalue weighted by atomic mass is 16.5. The number of carbonyl (C=O) groups excluding carboxylic acids is 1. The van der Waals surface area contributed by atoms with E-state index >= 15 is 0 Å². The van der Waals surface area contributed by atoms with E-state index in [1.807, 2.05) is 6.92 Å². The van der Waals surface area contributed by atoms with Gasteiger partial charge in [-0.05, 0) is 12.3 Å². The van der Waals surface area contributed by atoms with E-state index in [1.54, 1.807) is 6.92 Å². The number of hydrogen-bond donors (Lipinski definition) is 2. The molecular weight excluding hydrogens is 306 g/mol. The second kappa shape index (κ2) is 15.3. The Labute approximate surface area is 147 Å². The van der Waals surface area contributed by atoms with Gasteiger partial charge < -0.3 is 15.2 Å². The number of aliphatic carboxylic acids is 1. The third-order valence-electron chi connectivity index (χ3n) is 4.48. The number of unbranched alkanes of at least 4 members (excludes halogenated alkanes) is 9. The Morgan fingerprint density at radius 1 is 0.917 bits per heavy atom. The van der Waals surface area contributed by atoms with Gasteiger partial charge in [0.1, 0.15) is 6.04 Å². The molecule has 0 aromatic rings. The maximum atomic E-state index is 11.6. The Morgan fingerprint density at radius 2 is 1.42 bits per heavy atom. The van der Waals surface area contributed by atoms with E-state index in [0.29, 0.717) is 13.0 Å². The number of amides is 1. The van der Waals surface area contributed by atoms with Gasteiger partial charge in [0.2, 0.25) is 0 Å². The zero-order chi connectivity index (χ0) is 18.2. The Balaban J connectivity index is 3.56. The van der Waals surface area contributed by atoms with E-state index in [0.717, 1.165) is 12.8 Å². The molecule has 5 nitrogen and oxygen atoms in total. The first-order chi connectivity index (χ1) is 11.5. The number of rotatable bonds is 15. The number of carboxylic acids is 1. The zero-order valence-corrected chi connectivity index (χ0v) is 15.8. The van der Waals surface area contributed by atoms with Crippen molar-refractivity contribution in [3.8, 4) is 0 Å². The average molecular weight is 344 g/mol. The molecule has 0 heterocycles. The van der Waals surface area contributed by atoms with E-state index in [-0.39, 0.29) is 5.92 Å². The lowest BCUT2D eigenvalue weighted by Gasteiger charge is -2.19. The van der Waals surface area contributed by atoms with Gasteiger partial charge in [0, 0.05) is 0 Å². The minimum absolute atomic E-state index is 0.118. The van der Waals surface area contributed by atoms with E-state index in [1.165, 1.54) is 51.4 Å². The van der Waals surface area contributed by atoms with Gasteiger partial charge in [-0.2, -0.15) is 0 Å².